The van der Waals surface area contributed by atoms with Crippen molar-refractivity contribution in [3.8, 4) is 0 Å². The Balaban J connectivity index is 1.57. The number of carbonyl (C=O) groups is 1. The Kier molecular flexibility index (Phi) is 7.31. The van der Waals surface area contributed by atoms with Crippen LogP contribution in [-0.2, 0) is 22.9 Å². The molecule has 0 fully saturated rings. The van der Waals surface area contributed by atoms with Crippen molar-refractivity contribution in [3.63, 3.8) is 0 Å². The molecule has 2 N–H and O–H groups in total. The Hall–Kier alpha value is -3.12. The van der Waals surface area contributed by atoms with Gasteiger partial charge in [-0.25, -0.2) is 8.42 Å². The highest BCUT2D eigenvalue weighted by atomic mass is 32.2. The molecule has 184 valence electrons. The van der Waals surface area contributed by atoms with Gasteiger partial charge in [0.05, 0.1) is 16.6 Å². The van der Waals surface area contributed by atoms with Crippen LogP contribution in [0.25, 0.3) is 0 Å². The molecule has 0 radical (unpaired) electrons. The van der Waals surface area contributed by atoms with E-state index < -0.39 is 10.0 Å². The minimum Gasteiger partial charge on any atom is -0.345 e. The van der Waals surface area contributed by atoms with Gasteiger partial charge in [-0.15, -0.1) is 0 Å². The van der Waals surface area contributed by atoms with Crippen LogP contribution >= 0.6 is 0 Å². The maximum Gasteiger partial charge on any atom is 0.262 e. The highest BCUT2D eigenvalue weighted by Crippen LogP contribution is 2.27. The van der Waals surface area contributed by atoms with Gasteiger partial charge in [0.25, 0.3) is 15.9 Å². The topological polar surface area (TPSA) is 75.3 Å². The van der Waals surface area contributed by atoms with Gasteiger partial charge in [0.1, 0.15) is 0 Å². The number of hydrogen-bond acceptors (Lipinski definition) is 3. The third kappa shape index (κ3) is 5.59. The first-order valence-corrected chi connectivity index (χ1v) is 13.8. The summed E-state index contributed by atoms with van der Waals surface area (Å²) < 4.78 is 29.1. The van der Waals surface area contributed by atoms with Gasteiger partial charge < -0.3 is 5.32 Å². The zero-order valence-corrected chi connectivity index (χ0v) is 21.8. The number of fused-ring (bicyclic) bond motifs is 1. The summed E-state index contributed by atoms with van der Waals surface area (Å²) in [4.78, 5) is 13.3. The molecular weight excluding hydrogens is 456 g/mol. The molecule has 0 saturated heterocycles. The number of hydrogen-bond donors (Lipinski definition) is 2. The van der Waals surface area contributed by atoms with Crippen molar-refractivity contribution in [1.82, 2.24) is 5.32 Å². The monoisotopic (exact) mass is 490 g/mol. The highest BCUT2D eigenvalue weighted by molar-refractivity contribution is 7.92. The van der Waals surface area contributed by atoms with Crippen LogP contribution in [0, 0.1) is 20.8 Å². The summed E-state index contributed by atoms with van der Waals surface area (Å²) in [6, 6.07) is 16.8. The van der Waals surface area contributed by atoms with Crippen LogP contribution in [0.5, 0.6) is 0 Å². The normalized spacial score (nSPS) is 14.2. The molecule has 3 aromatic carbocycles. The fourth-order valence-electron chi connectivity index (χ4n) is 4.79. The summed E-state index contributed by atoms with van der Waals surface area (Å²) in [6.45, 7) is 7.61. The molecular formula is C29H34N2O3S. The van der Waals surface area contributed by atoms with Gasteiger partial charge in [0.2, 0.25) is 0 Å². The summed E-state index contributed by atoms with van der Waals surface area (Å²) in [6.07, 6.45) is 5.39. The van der Waals surface area contributed by atoms with Gasteiger partial charge in [0, 0.05) is 5.56 Å². The van der Waals surface area contributed by atoms with Crippen molar-refractivity contribution in [2.45, 2.75) is 70.7 Å². The molecule has 0 aliphatic heterocycles. The van der Waals surface area contributed by atoms with E-state index >= 15 is 0 Å². The minimum absolute atomic E-state index is 0.104. The van der Waals surface area contributed by atoms with Crippen LogP contribution in [0.3, 0.4) is 0 Å². The van der Waals surface area contributed by atoms with E-state index in [1.54, 1.807) is 25.1 Å². The molecule has 3 aromatic rings. The summed E-state index contributed by atoms with van der Waals surface area (Å²) in [5, 5.41) is 3.12. The van der Waals surface area contributed by atoms with E-state index in [4.69, 9.17) is 0 Å². The molecule has 1 aliphatic carbocycles. The standard InChI is InChI=1S/C29H34N2O3S/c1-5-26(24-14-13-22-8-6-7-9-23(22)17-24)30-29(32)25-12-11-20(3)28(18-25)35(33,34)31-27-15-10-19(2)16-21(27)4/h10-18,26,31H,5-9H2,1-4H3,(H,30,32)/t26-/m0/s1. The Morgan fingerprint density at radius 2 is 1.63 bits per heavy atom. The smallest absolute Gasteiger partial charge is 0.262 e. The first-order valence-electron chi connectivity index (χ1n) is 12.3. The summed E-state index contributed by atoms with van der Waals surface area (Å²) >= 11 is 0. The minimum atomic E-state index is -3.86. The van der Waals surface area contributed by atoms with Crippen LogP contribution in [0.1, 0.15) is 76.0 Å². The van der Waals surface area contributed by atoms with Crippen molar-refractivity contribution in [1.29, 1.82) is 0 Å². The highest BCUT2D eigenvalue weighted by Gasteiger charge is 2.22. The first kappa shape index (κ1) is 25.0. The molecule has 1 atom stereocenters. The SMILES string of the molecule is CC[C@H](NC(=O)c1ccc(C)c(S(=O)(=O)Nc2ccc(C)cc2C)c1)c1ccc2c(c1)CCCC2. The number of rotatable bonds is 7. The lowest BCUT2D eigenvalue weighted by Crippen LogP contribution is -2.28. The molecule has 5 nitrogen and oxygen atoms in total. The van der Waals surface area contributed by atoms with E-state index in [1.807, 2.05) is 32.9 Å². The molecule has 4 rings (SSSR count). The van der Waals surface area contributed by atoms with Gasteiger partial charge in [-0.1, -0.05) is 48.9 Å². The average Bonchev–Trinajstić information content (AvgIpc) is 2.84. The maximum absolute atomic E-state index is 13.2. The fraction of sp³-hybridized carbons (Fsp3) is 0.345. The number of amides is 1. The second-order valence-corrected chi connectivity index (χ2v) is 11.2. The first-order chi connectivity index (χ1) is 16.7. The Bertz CT molecular complexity index is 1360. The summed E-state index contributed by atoms with van der Waals surface area (Å²) in [5.74, 6) is -0.280. The Labute approximate surface area is 209 Å². The second-order valence-electron chi connectivity index (χ2n) is 9.57. The summed E-state index contributed by atoms with van der Waals surface area (Å²) in [7, 11) is -3.86. The van der Waals surface area contributed by atoms with E-state index in [0.717, 1.165) is 36.0 Å². The zero-order valence-electron chi connectivity index (χ0n) is 20.9. The summed E-state index contributed by atoms with van der Waals surface area (Å²) in [5.41, 5.74) is 7.23. The number of carbonyl (C=O) groups excluding carboxylic acids is 1. The zero-order chi connectivity index (χ0) is 25.2. The lowest BCUT2D eigenvalue weighted by Gasteiger charge is -2.22. The lowest BCUT2D eigenvalue weighted by molar-refractivity contribution is 0.0935. The van der Waals surface area contributed by atoms with Crippen molar-refractivity contribution >= 4 is 21.6 Å². The molecule has 6 heteroatoms. The predicted molar refractivity (Wildman–Crippen MR) is 141 cm³/mol. The van der Waals surface area contributed by atoms with Gasteiger partial charge in [-0.3, -0.25) is 9.52 Å². The fourth-order valence-corrected chi connectivity index (χ4v) is 6.19. The van der Waals surface area contributed by atoms with Crippen LogP contribution in [-0.4, -0.2) is 14.3 Å². The average molecular weight is 491 g/mol. The predicted octanol–water partition coefficient (Wildman–Crippen LogP) is 6.17. The van der Waals surface area contributed by atoms with Gasteiger partial charge in [0.15, 0.2) is 0 Å². The van der Waals surface area contributed by atoms with Crippen molar-refractivity contribution in [2.75, 3.05) is 4.72 Å². The van der Waals surface area contributed by atoms with Crippen LogP contribution < -0.4 is 10.0 Å². The largest absolute Gasteiger partial charge is 0.345 e. The molecule has 0 saturated carbocycles. The molecule has 35 heavy (non-hydrogen) atoms. The van der Waals surface area contributed by atoms with E-state index in [-0.39, 0.29) is 16.8 Å². The van der Waals surface area contributed by atoms with Gasteiger partial charge in [-0.2, -0.15) is 0 Å². The number of nitrogens with one attached hydrogen (secondary N) is 2. The molecule has 0 aromatic heterocycles. The number of aryl methyl sites for hydroxylation is 5. The third-order valence-corrected chi connectivity index (χ3v) is 8.36. The number of sulfonamides is 1. The molecule has 1 aliphatic rings. The van der Waals surface area contributed by atoms with E-state index in [1.165, 1.54) is 30.0 Å². The lowest BCUT2D eigenvalue weighted by atomic mass is 9.88. The van der Waals surface area contributed by atoms with Crippen LogP contribution in [0.15, 0.2) is 59.5 Å². The van der Waals surface area contributed by atoms with Crippen LogP contribution in [0.2, 0.25) is 0 Å². The van der Waals surface area contributed by atoms with Crippen molar-refractivity contribution in [3.05, 3.63) is 93.5 Å². The molecule has 0 unspecified atom stereocenters. The maximum atomic E-state index is 13.2. The number of benzene rings is 3. The van der Waals surface area contributed by atoms with Crippen molar-refractivity contribution in [2.24, 2.45) is 0 Å². The van der Waals surface area contributed by atoms with Gasteiger partial charge in [-0.05, 0) is 98.9 Å². The Morgan fingerprint density at radius 1 is 0.886 bits per heavy atom. The second kappa shape index (κ2) is 10.2. The van der Waals surface area contributed by atoms with Gasteiger partial charge >= 0.3 is 0 Å². The van der Waals surface area contributed by atoms with E-state index in [2.05, 4.69) is 28.2 Å². The van der Waals surface area contributed by atoms with Crippen molar-refractivity contribution < 1.29 is 13.2 Å². The quantitative estimate of drug-likeness (QED) is 0.416. The molecule has 0 spiro atoms. The van der Waals surface area contributed by atoms with E-state index in [9.17, 15) is 13.2 Å². The molecule has 0 heterocycles. The molecule has 1 amide bonds. The van der Waals surface area contributed by atoms with Crippen LogP contribution in [0.4, 0.5) is 5.69 Å². The third-order valence-electron chi connectivity index (χ3n) is 6.85. The Morgan fingerprint density at radius 3 is 2.34 bits per heavy atom. The van der Waals surface area contributed by atoms with E-state index in [0.29, 0.717) is 16.8 Å². The number of anilines is 1. The molecule has 0 bridgehead atoms.